The molecule has 1 atom stereocenters. The SMILES string of the molecule is C=C(CC)c1cc2c(s1)CN(C1=NCC(c3cc(Cl)c(F)c(Cl)c3)(C(F)(F)F)C1)C2.CC. The van der Waals surface area contributed by atoms with Crippen molar-refractivity contribution in [2.45, 2.75) is 58.3 Å². The molecular formula is C23H24Cl2F4N2S. The van der Waals surface area contributed by atoms with E-state index in [0.29, 0.717) is 18.9 Å². The van der Waals surface area contributed by atoms with Gasteiger partial charge in [-0.15, -0.1) is 11.3 Å². The standard InChI is InChI=1S/C21H18Cl2F4N2S.C2H6/c1-3-11(2)16-4-12-8-29(9-17(12)30-16)18-7-20(10-28-18,21(25,26)27)13-5-14(22)19(24)15(23)6-13;1-2/h4-6H,2-3,7-10H2,1H3;1-2H3. The highest BCUT2D eigenvalue weighted by atomic mass is 35.5. The fourth-order valence-corrected chi connectivity index (χ4v) is 5.62. The summed E-state index contributed by atoms with van der Waals surface area (Å²) in [5.41, 5.74) is -0.285. The maximum absolute atomic E-state index is 14.2. The predicted molar refractivity (Wildman–Crippen MR) is 125 cm³/mol. The third-order valence-electron chi connectivity index (χ3n) is 5.80. The van der Waals surface area contributed by atoms with Gasteiger partial charge in [0.1, 0.15) is 11.3 Å². The van der Waals surface area contributed by atoms with Gasteiger partial charge in [0.2, 0.25) is 0 Å². The van der Waals surface area contributed by atoms with Crippen LogP contribution in [0.25, 0.3) is 5.57 Å². The molecule has 1 unspecified atom stereocenters. The quantitative estimate of drug-likeness (QED) is 0.302. The zero-order chi connectivity index (χ0) is 23.8. The lowest BCUT2D eigenvalue weighted by atomic mass is 9.78. The summed E-state index contributed by atoms with van der Waals surface area (Å²) >= 11 is 13.2. The first-order valence-electron chi connectivity index (χ1n) is 10.4. The number of amidine groups is 1. The van der Waals surface area contributed by atoms with E-state index in [-0.39, 0.29) is 12.0 Å². The molecule has 0 aliphatic carbocycles. The molecule has 0 saturated heterocycles. The van der Waals surface area contributed by atoms with Crippen LogP contribution in [0.3, 0.4) is 0 Å². The van der Waals surface area contributed by atoms with Gasteiger partial charge in [-0.1, -0.05) is 50.6 Å². The molecule has 174 valence electrons. The summed E-state index contributed by atoms with van der Waals surface area (Å²) in [5, 5.41) is -0.858. The molecule has 1 aromatic heterocycles. The Hall–Kier alpha value is -1.57. The summed E-state index contributed by atoms with van der Waals surface area (Å²) in [4.78, 5) is 8.38. The molecule has 2 aliphatic rings. The molecule has 0 bridgehead atoms. The summed E-state index contributed by atoms with van der Waals surface area (Å²) in [5.74, 6) is -0.532. The number of thiophene rings is 1. The van der Waals surface area contributed by atoms with E-state index in [0.717, 1.165) is 39.4 Å². The summed E-state index contributed by atoms with van der Waals surface area (Å²) in [6.45, 7) is 10.6. The topological polar surface area (TPSA) is 15.6 Å². The average Bonchev–Trinajstić information content (AvgIpc) is 3.45. The number of allylic oxidation sites excluding steroid dienone is 1. The van der Waals surface area contributed by atoms with Crippen molar-refractivity contribution in [3.05, 3.63) is 61.5 Å². The number of alkyl halides is 3. The summed E-state index contributed by atoms with van der Waals surface area (Å²) in [6.07, 6.45) is -4.08. The fraction of sp³-hybridized carbons (Fsp3) is 0.435. The van der Waals surface area contributed by atoms with Crippen molar-refractivity contribution in [2.24, 2.45) is 4.99 Å². The minimum absolute atomic E-state index is 0.166. The predicted octanol–water partition coefficient (Wildman–Crippen LogP) is 8.26. The Balaban J connectivity index is 0.00000141. The molecule has 4 rings (SSSR count). The van der Waals surface area contributed by atoms with Gasteiger partial charge in [-0.2, -0.15) is 13.2 Å². The smallest absolute Gasteiger partial charge is 0.351 e. The first kappa shape index (κ1) is 25.1. The molecule has 0 radical (unpaired) electrons. The maximum Gasteiger partial charge on any atom is 0.400 e. The van der Waals surface area contributed by atoms with Crippen molar-refractivity contribution < 1.29 is 17.6 Å². The summed E-state index contributed by atoms with van der Waals surface area (Å²) in [6, 6.07) is 4.09. The monoisotopic (exact) mass is 506 g/mol. The minimum atomic E-state index is -4.60. The highest BCUT2D eigenvalue weighted by Gasteiger charge is 2.59. The molecule has 3 heterocycles. The lowest BCUT2D eigenvalue weighted by Crippen LogP contribution is -2.44. The van der Waals surface area contributed by atoms with Gasteiger partial charge in [-0.05, 0) is 41.3 Å². The normalized spacial score (nSPS) is 20.0. The van der Waals surface area contributed by atoms with Crippen molar-refractivity contribution in [1.29, 1.82) is 0 Å². The van der Waals surface area contributed by atoms with Crippen molar-refractivity contribution in [2.75, 3.05) is 6.54 Å². The van der Waals surface area contributed by atoms with Gasteiger partial charge >= 0.3 is 6.18 Å². The fourth-order valence-electron chi connectivity index (χ4n) is 3.90. The highest BCUT2D eigenvalue weighted by Crippen LogP contribution is 2.49. The van der Waals surface area contributed by atoms with E-state index in [9.17, 15) is 17.6 Å². The van der Waals surface area contributed by atoms with E-state index >= 15 is 0 Å². The lowest BCUT2D eigenvalue weighted by Gasteiger charge is -2.32. The van der Waals surface area contributed by atoms with Crippen molar-refractivity contribution in [3.8, 4) is 0 Å². The molecule has 2 aliphatic heterocycles. The van der Waals surface area contributed by atoms with Crippen LogP contribution in [0.5, 0.6) is 0 Å². The van der Waals surface area contributed by atoms with Gasteiger partial charge in [0.25, 0.3) is 0 Å². The third-order valence-corrected chi connectivity index (χ3v) is 7.62. The molecule has 0 N–H and O–H groups in total. The van der Waals surface area contributed by atoms with Crippen LogP contribution >= 0.6 is 34.5 Å². The number of hydrogen-bond acceptors (Lipinski definition) is 3. The highest BCUT2D eigenvalue weighted by molar-refractivity contribution is 7.13. The van der Waals surface area contributed by atoms with Crippen LogP contribution in [0, 0.1) is 5.82 Å². The van der Waals surface area contributed by atoms with Gasteiger partial charge in [0.15, 0.2) is 5.82 Å². The Kier molecular flexibility index (Phi) is 7.32. The van der Waals surface area contributed by atoms with Gasteiger partial charge in [-0.3, -0.25) is 4.99 Å². The second-order valence-electron chi connectivity index (χ2n) is 7.62. The number of halogens is 6. The van der Waals surface area contributed by atoms with E-state index in [1.54, 1.807) is 11.3 Å². The van der Waals surface area contributed by atoms with Crippen LogP contribution in [0.1, 0.15) is 54.5 Å². The van der Waals surface area contributed by atoms with E-state index in [1.807, 2.05) is 25.7 Å². The molecule has 32 heavy (non-hydrogen) atoms. The molecule has 0 amide bonds. The molecule has 0 spiro atoms. The van der Waals surface area contributed by atoms with E-state index < -0.39 is 34.0 Å². The Morgan fingerprint density at radius 3 is 2.34 bits per heavy atom. The van der Waals surface area contributed by atoms with Crippen LogP contribution in [0.4, 0.5) is 17.6 Å². The second kappa shape index (κ2) is 9.35. The molecule has 2 aromatic rings. The molecule has 9 heteroatoms. The zero-order valence-electron chi connectivity index (χ0n) is 18.0. The molecule has 1 aromatic carbocycles. The first-order valence-corrected chi connectivity index (χ1v) is 11.9. The molecule has 2 nitrogen and oxygen atoms in total. The number of nitrogens with zero attached hydrogens (tertiary/aromatic N) is 2. The molecule has 0 fully saturated rings. The Bertz CT molecular complexity index is 1010. The van der Waals surface area contributed by atoms with Gasteiger partial charge in [0, 0.05) is 22.7 Å². The first-order chi connectivity index (χ1) is 15.1. The lowest BCUT2D eigenvalue weighted by molar-refractivity contribution is -0.184. The number of hydrogen-bond donors (Lipinski definition) is 0. The Morgan fingerprint density at radius 2 is 1.81 bits per heavy atom. The van der Waals surface area contributed by atoms with E-state index in [4.69, 9.17) is 23.2 Å². The van der Waals surface area contributed by atoms with Gasteiger partial charge in [0.05, 0.1) is 23.1 Å². The molecule has 0 saturated carbocycles. The third kappa shape index (κ3) is 4.31. The van der Waals surface area contributed by atoms with Crippen molar-refractivity contribution in [1.82, 2.24) is 4.90 Å². The second-order valence-corrected chi connectivity index (χ2v) is 9.57. The number of rotatable bonds is 3. The minimum Gasteiger partial charge on any atom is -0.351 e. The summed E-state index contributed by atoms with van der Waals surface area (Å²) in [7, 11) is 0. The number of aliphatic imine (C=N–C) groups is 1. The summed E-state index contributed by atoms with van der Waals surface area (Å²) < 4.78 is 56.5. The Labute approximate surface area is 199 Å². The Morgan fingerprint density at radius 1 is 1.19 bits per heavy atom. The van der Waals surface area contributed by atoms with Crippen molar-refractivity contribution >= 4 is 45.9 Å². The maximum atomic E-state index is 14.2. The van der Waals surface area contributed by atoms with E-state index in [1.165, 1.54) is 0 Å². The van der Waals surface area contributed by atoms with Crippen molar-refractivity contribution in [3.63, 3.8) is 0 Å². The van der Waals surface area contributed by atoms with Gasteiger partial charge in [-0.25, -0.2) is 4.39 Å². The van der Waals surface area contributed by atoms with Crippen LogP contribution in [0.2, 0.25) is 10.0 Å². The van der Waals surface area contributed by atoms with Gasteiger partial charge < -0.3 is 4.90 Å². The average molecular weight is 507 g/mol. The van der Waals surface area contributed by atoms with Crippen LogP contribution in [0.15, 0.2) is 29.8 Å². The van der Waals surface area contributed by atoms with Crippen LogP contribution < -0.4 is 0 Å². The molecular weight excluding hydrogens is 483 g/mol. The largest absolute Gasteiger partial charge is 0.400 e. The van der Waals surface area contributed by atoms with E-state index in [2.05, 4.69) is 17.6 Å². The number of benzene rings is 1. The van der Waals surface area contributed by atoms with Crippen LogP contribution in [-0.2, 0) is 18.5 Å². The zero-order valence-corrected chi connectivity index (χ0v) is 20.4. The van der Waals surface area contributed by atoms with Crippen LogP contribution in [-0.4, -0.2) is 23.5 Å². The number of fused-ring (bicyclic) bond motifs is 1.